The molecule has 0 radical (unpaired) electrons. The van der Waals surface area contributed by atoms with Crippen LogP contribution in [0.4, 0.5) is 0 Å². The quantitative estimate of drug-likeness (QED) is 0.764. The van der Waals surface area contributed by atoms with E-state index in [9.17, 15) is 4.79 Å². The molecule has 0 spiro atoms. The van der Waals surface area contributed by atoms with Crippen molar-refractivity contribution < 1.29 is 4.79 Å². The zero-order valence-electron chi connectivity index (χ0n) is 10.1. The molecule has 94 valence electrons. The Labute approximate surface area is 111 Å². The number of carbonyl (C=O) groups excluding carboxylic acids is 1. The van der Waals surface area contributed by atoms with Gasteiger partial charge in [0.05, 0.1) is 12.1 Å². The molecule has 4 heteroatoms. The van der Waals surface area contributed by atoms with E-state index in [1.165, 1.54) is 0 Å². The molecule has 18 heavy (non-hydrogen) atoms. The van der Waals surface area contributed by atoms with Crippen molar-refractivity contribution >= 4 is 17.4 Å². The van der Waals surface area contributed by atoms with Gasteiger partial charge in [-0.15, -0.1) is 0 Å². The van der Waals surface area contributed by atoms with Crippen LogP contribution in [0.2, 0.25) is 5.02 Å². The molecule has 0 aromatic heterocycles. The van der Waals surface area contributed by atoms with Crippen molar-refractivity contribution in [2.45, 2.75) is 5.41 Å². The van der Waals surface area contributed by atoms with Crippen molar-refractivity contribution in [2.24, 2.45) is 5.92 Å². The molecule has 4 fully saturated rings. The average Bonchev–Trinajstić information content (AvgIpc) is 2.35. The topological polar surface area (TPSA) is 23.6 Å². The lowest BCUT2D eigenvalue weighted by atomic mass is 9.65. The maximum Gasteiger partial charge on any atom is 0.151 e. The maximum atomic E-state index is 12.7. The lowest BCUT2D eigenvalue weighted by Gasteiger charge is -2.58. The van der Waals surface area contributed by atoms with E-state index in [2.05, 4.69) is 15.9 Å². The molecular formula is C14H15ClN2O. The molecule has 1 aromatic rings. The minimum atomic E-state index is -0.329. The van der Waals surface area contributed by atoms with E-state index in [1.54, 1.807) is 0 Å². The summed E-state index contributed by atoms with van der Waals surface area (Å²) in [6.45, 7) is 4.62. The number of halogens is 1. The fraction of sp³-hybridized carbons (Fsp3) is 0.500. The Morgan fingerprint density at radius 2 is 1.94 bits per heavy atom. The number of hydrogen-bond donors (Lipinski definition) is 0. The van der Waals surface area contributed by atoms with E-state index in [1.807, 2.05) is 18.2 Å². The first-order chi connectivity index (χ1) is 8.67. The van der Waals surface area contributed by atoms with Crippen LogP contribution in [0.3, 0.4) is 0 Å². The second kappa shape index (κ2) is 3.56. The Balaban J connectivity index is 1.84. The summed E-state index contributed by atoms with van der Waals surface area (Å²) in [5.74, 6) is 0.622. The van der Waals surface area contributed by atoms with Crippen LogP contribution in [0, 0.1) is 5.92 Å². The number of piperidine rings is 2. The highest BCUT2D eigenvalue weighted by Gasteiger charge is 2.56. The molecule has 4 aliphatic heterocycles. The van der Waals surface area contributed by atoms with Gasteiger partial charge in [0.1, 0.15) is 0 Å². The minimum Gasteiger partial charge on any atom is -0.298 e. The second-order valence-electron chi connectivity index (χ2n) is 5.82. The SMILES string of the molecule is O=C1C2CN3CN(C2)CC1(c1cccc(Cl)c1)C3. The smallest absolute Gasteiger partial charge is 0.151 e. The first-order valence-electron chi connectivity index (χ1n) is 6.42. The highest BCUT2D eigenvalue weighted by atomic mass is 35.5. The molecular weight excluding hydrogens is 248 g/mol. The van der Waals surface area contributed by atoms with E-state index in [0.717, 1.165) is 43.4 Å². The molecule has 4 bridgehead atoms. The molecule has 4 saturated heterocycles. The molecule has 1 aromatic carbocycles. The van der Waals surface area contributed by atoms with Gasteiger partial charge in [0.15, 0.2) is 5.78 Å². The third-order valence-electron chi connectivity index (χ3n) is 4.56. The van der Waals surface area contributed by atoms with E-state index in [4.69, 9.17) is 11.6 Å². The number of nitrogens with zero attached hydrogens (tertiary/aromatic N) is 2. The van der Waals surface area contributed by atoms with Crippen molar-refractivity contribution in [2.75, 3.05) is 32.8 Å². The normalized spacial score (nSPS) is 41.4. The summed E-state index contributed by atoms with van der Waals surface area (Å²) in [5.41, 5.74) is 0.767. The van der Waals surface area contributed by atoms with Crippen LogP contribution < -0.4 is 0 Å². The third kappa shape index (κ3) is 1.35. The summed E-state index contributed by atoms with van der Waals surface area (Å²) in [6, 6.07) is 7.85. The molecule has 0 aliphatic carbocycles. The molecule has 0 N–H and O–H groups in total. The van der Waals surface area contributed by atoms with Crippen LogP contribution in [0.1, 0.15) is 5.56 Å². The summed E-state index contributed by atoms with van der Waals surface area (Å²) in [4.78, 5) is 17.5. The molecule has 2 unspecified atom stereocenters. The average molecular weight is 263 g/mol. The van der Waals surface area contributed by atoms with Crippen LogP contribution in [0.5, 0.6) is 0 Å². The Morgan fingerprint density at radius 1 is 1.22 bits per heavy atom. The second-order valence-corrected chi connectivity index (χ2v) is 6.25. The van der Waals surface area contributed by atoms with Crippen LogP contribution in [-0.4, -0.2) is 48.4 Å². The predicted molar refractivity (Wildman–Crippen MR) is 69.6 cm³/mol. The van der Waals surface area contributed by atoms with Gasteiger partial charge in [0.25, 0.3) is 0 Å². The third-order valence-corrected chi connectivity index (χ3v) is 4.80. The zero-order chi connectivity index (χ0) is 12.3. The fourth-order valence-corrected chi connectivity index (χ4v) is 4.14. The van der Waals surface area contributed by atoms with Crippen molar-refractivity contribution in [1.82, 2.24) is 9.80 Å². The number of rotatable bonds is 1. The lowest BCUT2D eigenvalue weighted by Crippen LogP contribution is -2.73. The lowest BCUT2D eigenvalue weighted by molar-refractivity contribution is -0.153. The summed E-state index contributed by atoms with van der Waals surface area (Å²) >= 11 is 6.09. The van der Waals surface area contributed by atoms with Crippen LogP contribution in [-0.2, 0) is 10.2 Å². The predicted octanol–water partition coefficient (Wildman–Crippen LogP) is 1.37. The van der Waals surface area contributed by atoms with Crippen molar-refractivity contribution in [3.63, 3.8) is 0 Å². The summed E-state index contributed by atoms with van der Waals surface area (Å²) in [6.07, 6.45) is 0. The summed E-state index contributed by atoms with van der Waals surface area (Å²) in [7, 11) is 0. The number of Topliss-reactive ketones (excluding diaryl/α,β-unsaturated/α-hetero) is 1. The largest absolute Gasteiger partial charge is 0.298 e. The Morgan fingerprint density at radius 3 is 2.61 bits per heavy atom. The molecule has 2 atom stereocenters. The summed E-state index contributed by atoms with van der Waals surface area (Å²) < 4.78 is 0. The van der Waals surface area contributed by atoms with Crippen molar-refractivity contribution in [3.8, 4) is 0 Å². The van der Waals surface area contributed by atoms with E-state index >= 15 is 0 Å². The van der Waals surface area contributed by atoms with Crippen LogP contribution >= 0.6 is 11.6 Å². The standard InChI is InChI=1S/C14H15ClN2O/c15-12-3-1-2-11(4-12)14-7-16-5-10(13(14)18)6-17(8-14)9-16/h1-4,10H,5-9H2. The van der Waals surface area contributed by atoms with E-state index in [0.29, 0.717) is 5.78 Å². The first kappa shape index (κ1) is 11.0. The van der Waals surface area contributed by atoms with Crippen LogP contribution in [0.25, 0.3) is 0 Å². The molecule has 0 amide bonds. The number of ketones is 1. The van der Waals surface area contributed by atoms with Gasteiger partial charge in [-0.1, -0.05) is 23.7 Å². The van der Waals surface area contributed by atoms with Crippen LogP contribution in [0.15, 0.2) is 24.3 Å². The maximum absolute atomic E-state index is 12.7. The number of benzene rings is 1. The van der Waals surface area contributed by atoms with Gasteiger partial charge >= 0.3 is 0 Å². The van der Waals surface area contributed by atoms with E-state index in [-0.39, 0.29) is 11.3 Å². The molecule has 0 saturated carbocycles. The molecule has 5 rings (SSSR count). The molecule has 4 aliphatic rings. The van der Waals surface area contributed by atoms with Gasteiger partial charge in [-0.05, 0) is 17.7 Å². The molecule has 4 heterocycles. The van der Waals surface area contributed by atoms with Gasteiger partial charge in [0.2, 0.25) is 0 Å². The van der Waals surface area contributed by atoms with Gasteiger partial charge in [-0.2, -0.15) is 0 Å². The fourth-order valence-electron chi connectivity index (χ4n) is 3.95. The Hall–Kier alpha value is -0.900. The monoisotopic (exact) mass is 262 g/mol. The number of carbonyl (C=O) groups is 1. The molecule has 3 nitrogen and oxygen atoms in total. The van der Waals surface area contributed by atoms with E-state index < -0.39 is 0 Å². The van der Waals surface area contributed by atoms with Gasteiger partial charge in [-0.25, -0.2) is 0 Å². The Bertz CT molecular complexity index is 516. The number of hydrogen-bond acceptors (Lipinski definition) is 3. The van der Waals surface area contributed by atoms with Gasteiger partial charge in [-0.3, -0.25) is 14.6 Å². The Kier molecular flexibility index (Phi) is 2.17. The zero-order valence-corrected chi connectivity index (χ0v) is 10.9. The first-order valence-corrected chi connectivity index (χ1v) is 6.80. The minimum absolute atomic E-state index is 0.195. The highest BCUT2D eigenvalue weighted by molar-refractivity contribution is 6.30. The van der Waals surface area contributed by atoms with Crippen molar-refractivity contribution in [1.29, 1.82) is 0 Å². The van der Waals surface area contributed by atoms with Gasteiger partial charge in [0, 0.05) is 37.1 Å². The highest BCUT2D eigenvalue weighted by Crippen LogP contribution is 2.42. The van der Waals surface area contributed by atoms with Crippen molar-refractivity contribution in [3.05, 3.63) is 34.9 Å². The van der Waals surface area contributed by atoms with Gasteiger partial charge < -0.3 is 0 Å². The summed E-state index contributed by atoms with van der Waals surface area (Å²) in [5, 5.41) is 0.723.